The summed E-state index contributed by atoms with van der Waals surface area (Å²) < 4.78 is 0. The largest absolute Gasteiger partial charge is 0.361 e. The molecule has 2 heterocycles. The van der Waals surface area contributed by atoms with E-state index in [2.05, 4.69) is 27.6 Å². The van der Waals surface area contributed by atoms with Gasteiger partial charge in [-0.05, 0) is 43.6 Å². The number of amides is 1. The summed E-state index contributed by atoms with van der Waals surface area (Å²) in [6, 6.07) is 0.372. The number of nitrogens with zero attached hydrogens (tertiary/aromatic N) is 2. The highest BCUT2D eigenvalue weighted by Gasteiger charge is 2.25. The molecule has 2 aliphatic rings. The maximum atomic E-state index is 12.3. The van der Waals surface area contributed by atoms with E-state index in [1.165, 1.54) is 0 Å². The molecule has 136 valence electrons. The second-order valence-electron chi connectivity index (χ2n) is 6.28. The number of nitrogens with one attached hydrogen (secondary N) is 2. The highest BCUT2D eigenvalue weighted by Crippen LogP contribution is 2.13. The van der Waals surface area contributed by atoms with E-state index >= 15 is 0 Å². The van der Waals surface area contributed by atoms with Gasteiger partial charge in [0, 0.05) is 25.7 Å². The lowest BCUT2D eigenvalue weighted by molar-refractivity contribution is -0.117. The predicted molar refractivity (Wildman–Crippen MR) is 99.3 cm³/mol. The first-order valence-electron chi connectivity index (χ1n) is 8.41. The van der Waals surface area contributed by atoms with Gasteiger partial charge in [0.25, 0.3) is 5.91 Å². The molecule has 1 saturated heterocycles. The number of likely N-dealkylation sites (tertiary alicyclic amines) is 1. The zero-order valence-corrected chi connectivity index (χ0v) is 14.8. The Morgan fingerprint density at radius 1 is 1.52 bits per heavy atom. The molecule has 0 aliphatic carbocycles. The molecule has 0 spiro atoms. The molecule has 25 heavy (non-hydrogen) atoms. The standard InChI is InChI=1S/C17H27N7O/c1-11(17(25)22-10-12-6-5-9-24(12)2)23-16(20)14(15(18)19)13-7-3-4-8-21-13/h3-4,7-8,12,15,20-21H,5-6,9-10,18-19H2,1-2H3,(H,22,25)/p+1. The molecule has 8 N–H and O–H groups in total. The van der Waals surface area contributed by atoms with Crippen molar-refractivity contribution < 1.29 is 10.2 Å². The number of allylic oxidation sites excluding steroid dienone is 3. The topological polar surface area (TPSA) is 134 Å². The molecule has 1 fully saturated rings. The molecule has 0 bridgehead atoms. The fraction of sp³-hybridized carbons (Fsp3) is 0.471. The van der Waals surface area contributed by atoms with Crippen molar-refractivity contribution in [2.75, 3.05) is 20.1 Å². The number of aliphatic imine (C=N–C) groups is 1. The second-order valence-corrected chi connectivity index (χ2v) is 6.28. The Morgan fingerprint density at radius 3 is 2.84 bits per heavy atom. The predicted octanol–water partition coefficient (Wildman–Crippen LogP) is -2.01. The monoisotopic (exact) mass is 346 g/mol. The number of rotatable bonds is 5. The van der Waals surface area contributed by atoms with Gasteiger partial charge in [0.2, 0.25) is 5.71 Å². The van der Waals surface area contributed by atoms with Gasteiger partial charge in [-0.1, -0.05) is 6.08 Å². The summed E-state index contributed by atoms with van der Waals surface area (Å²) in [5, 5.41) is 12.0. The highest BCUT2D eigenvalue weighted by molar-refractivity contribution is 6.39. The summed E-state index contributed by atoms with van der Waals surface area (Å²) in [6.07, 6.45) is 8.65. The van der Waals surface area contributed by atoms with Crippen molar-refractivity contribution in [3.63, 3.8) is 0 Å². The van der Waals surface area contributed by atoms with Gasteiger partial charge in [0.05, 0.1) is 17.4 Å². The zero-order valence-electron chi connectivity index (χ0n) is 14.8. The lowest BCUT2D eigenvalue weighted by atomic mass is 10.1. The summed E-state index contributed by atoms with van der Waals surface area (Å²) in [5.41, 5.74) is 13.0. The maximum absolute atomic E-state index is 12.3. The molecule has 0 aromatic carbocycles. The first-order chi connectivity index (χ1) is 11.9. The van der Waals surface area contributed by atoms with Crippen molar-refractivity contribution in [2.45, 2.75) is 32.0 Å². The van der Waals surface area contributed by atoms with E-state index in [1.54, 1.807) is 19.2 Å². The first kappa shape index (κ1) is 19.0. The van der Waals surface area contributed by atoms with E-state index in [0.29, 0.717) is 23.9 Å². The number of hydrogen-bond donors (Lipinski definition) is 5. The van der Waals surface area contributed by atoms with E-state index in [-0.39, 0.29) is 17.5 Å². The van der Waals surface area contributed by atoms with Crippen LogP contribution < -0.4 is 27.5 Å². The van der Waals surface area contributed by atoms with Crippen LogP contribution in [0.3, 0.4) is 0 Å². The third-order valence-corrected chi connectivity index (χ3v) is 4.40. The summed E-state index contributed by atoms with van der Waals surface area (Å²) in [6.45, 7) is 3.28. The van der Waals surface area contributed by atoms with Crippen LogP contribution in [-0.2, 0) is 4.79 Å². The van der Waals surface area contributed by atoms with Crippen LogP contribution in [-0.4, -0.2) is 54.7 Å². The van der Waals surface area contributed by atoms with E-state index in [1.807, 2.05) is 12.2 Å². The van der Waals surface area contributed by atoms with Crippen molar-refractivity contribution in [1.82, 2.24) is 15.5 Å². The van der Waals surface area contributed by atoms with Crippen LogP contribution in [0.5, 0.6) is 0 Å². The Hall–Kier alpha value is -2.29. The summed E-state index contributed by atoms with van der Waals surface area (Å²) >= 11 is 0. The molecule has 1 unspecified atom stereocenters. The van der Waals surface area contributed by atoms with E-state index < -0.39 is 6.17 Å². The molecular formula is C17H28N7O+. The first-order valence-corrected chi connectivity index (χ1v) is 8.41. The number of carbonyl (C=O) groups excluding carboxylic acids is 1. The van der Waals surface area contributed by atoms with Gasteiger partial charge in [-0.25, -0.2) is 0 Å². The second kappa shape index (κ2) is 8.70. The van der Waals surface area contributed by atoms with Gasteiger partial charge in [-0.2, -0.15) is 0 Å². The summed E-state index contributed by atoms with van der Waals surface area (Å²) in [4.78, 5) is 18.7. The van der Waals surface area contributed by atoms with Crippen molar-refractivity contribution in [3.05, 3.63) is 35.7 Å². The van der Waals surface area contributed by atoms with Crippen LogP contribution in [0.2, 0.25) is 0 Å². The van der Waals surface area contributed by atoms with Crippen molar-refractivity contribution in [2.24, 2.45) is 16.5 Å². The molecule has 8 nitrogen and oxygen atoms in total. The molecule has 0 radical (unpaired) electrons. The summed E-state index contributed by atoms with van der Waals surface area (Å²) in [5.74, 6) is -0.117. The molecule has 2 aliphatic heterocycles. The number of dihydropyridines is 1. The smallest absolute Gasteiger partial charge is 0.322 e. The SMILES string of the molecule is CC(=NC(=[NH2+])C(=C1C=CC=CN1)C(N)N)C(=O)NCC1CCCN1C. The number of likely N-dealkylation sites (N-methyl/N-ethyl adjacent to an activating group) is 1. The lowest BCUT2D eigenvalue weighted by Crippen LogP contribution is -2.49. The van der Waals surface area contributed by atoms with Crippen LogP contribution in [0, 0.1) is 0 Å². The number of amidine groups is 1. The summed E-state index contributed by atoms with van der Waals surface area (Å²) in [7, 11) is 2.07. The van der Waals surface area contributed by atoms with E-state index in [9.17, 15) is 4.79 Å². The Bertz CT molecular complexity index is 645. The molecule has 2 rings (SSSR count). The quantitative estimate of drug-likeness (QED) is 0.223. The third-order valence-electron chi connectivity index (χ3n) is 4.40. The fourth-order valence-electron chi connectivity index (χ4n) is 2.92. The van der Waals surface area contributed by atoms with Gasteiger partial charge in [-0.3, -0.25) is 10.2 Å². The maximum Gasteiger partial charge on any atom is 0.322 e. The Kier molecular flexibility index (Phi) is 6.63. The molecule has 0 aromatic rings. The molecule has 1 amide bonds. The van der Waals surface area contributed by atoms with Crippen LogP contribution in [0.1, 0.15) is 19.8 Å². The Balaban J connectivity index is 2.03. The van der Waals surface area contributed by atoms with Gasteiger partial charge >= 0.3 is 5.84 Å². The minimum atomic E-state index is -0.814. The minimum absolute atomic E-state index is 0.128. The Labute approximate surface area is 148 Å². The van der Waals surface area contributed by atoms with Gasteiger partial charge in [-0.15, -0.1) is 0 Å². The highest BCUT2D eigenvalue weighted by atomic mass is 16.1. The number of hydrogen-bond acceptors (Lipinski definition) is 5. The van der Waals surface area contributed by atoms with Crippen molar-refractivity contribution >= 4 is 17.5 Å². The average molecular weight is 346 g/mol. The lowest BCUT2D eigenvalue weighted by Gasteiger charge is -2.19. The van der Waals surface area contributed by atoms with Crippen LogP contribution >= 0.6 is 0 Å². The zero-order chi connectivity index (χ0) is 18.4. The number of nitrogens with two attached hydrogens (primary N) is 3. The van der Waals surface area contributed by atoms with Crippen LogP contribution in [0.15, 0.2) is 40.7 Å². The molecule has 0 saturated carbocycles. The average Bonchev–Trinajstić information content (AvgIpc) is 2.98. The fourth-order valence-corrected chi connectivity index (χ4v) is 2.92. The van der Waals surface area contributed by atoms with Crippen molar-refractivity contribution in [1.29, 1.82) is 0 Å². The van der Waals surface area contributed by atoms with Gasteiger partial charge < -0.3 is 27.0 Å². The van der Waals surface area contributed by atoms with Crippen molar-refractivity contribution in [3.8, 4) is 0 Å². The van der Waals surface area contributed by atoms with E-state index in [4.69, 9.17) is 16.9 Å². The molecule has 8 heteroatoms. The molecular weight excluding hydrogens is 318 g/mol. The van der Waals surface area contributed by atoms with Crippen LogP contribution in [0.4, 0.5) is 0 Å². The third kappa shape index (κ3) is 5.09. The van der Waals surface area contributed by atoms with E-state index in [0.717, 1.165) is 19.4 Å². The minimum Gasteiger partial charge on any atom is -0.361 e. The Morgan fingerprint density at radius 2 is 2.28 bits per heavy atom. The normalized spacial score (nSPS) is 22.9. The van der Waals surface area contributed by atoms with Gasteiger partial charge in [0.1, 0.15) is 0 Å². The van der Waals surface area contributed by atoms with Crippen LogP contribution in [0.25, 0.3) is 0 Å². The molecule has 0 aromatic heterocycles. The molecule has 1 atom stereocenters. The van der Waals surface area contributed by atoms with Gasteiger partial charge in [0.15, 0.2) is 0 Å². The number of carbonyl (C=O) groups is 1.